The van der Waals surface area contributed by atoms with Crippen molar-refractivity contribution in [1.82, 2.24) is 9.88 Å². The zero-order valence-corrected chi connectivity index (χ0v) is 13.1. The maximum atomic E-state index is 12.4. The minimum absolute atomic E-state index is 0.139. The average Bonchev–Trinajstić information content (AvgIpc) is 3.17. The Bertz CT molecular complexity index is 639. The second kappa shape index (κ2) is 5.85. The maximum absolute atomic E-state index is 12.4. The smallest absolute Gasteiger partial charge is 0.254 e. The van der Waals surface area contributed by atoms with Gasteiger partial charge in [0, 0.05) is 48.5 Å². The molecule has 1 aliphatic rings. The number of thiophene rings is 1. The molecule has 1 amide bonds. The van der Waals surface area contributed by atoms with Crippen LogP contribution < -0.4 is 5.32 Å². The lowest BCUT2D eigenvalue weighted by Crippen LogP contribution is -2.28. The molecule has 1 fully saturated rings. The van der Waals surface area contributed by atoms with Crippen LogP contribution in [0.2, 0.25) is 0 Å². The van der Waals surface area contributed by atoms with Gasteiger partial charge in [-0.25, -0.2) is 0 Å². The SMILES string of the molecule is CNc1cc(C)nc(C2CCN(C(=O)c3ccsc3)C2)c1. The van der Waals surface area contributed by atoms with Gasteiger partial charge in [-0.05, 0) is 36.9 Å². The fraction of sp³-hybridized carbons (Fsp3) is 0.375. The van der Waals surface area contributed by atoms with Crippen molar-refractivity contribution in [3.05, 3.63) is 45.9 Å². The lowest BCUT2D eigenvalue weighted by molar-refractivity contribution is 0.0791. The van der Waals surface area contributed by atoms with E-state index in [1.807, 2.05) is 41.8 Å². The van der Waals surface area contributed by atoms with Crippen molar-refractivity contribution in [3.63, 3.8) is 0 Å². The van der Waals surface area contributed by atoms with Crippen molar-refractivity contribution >= 4 is 22.9 Å². The molecule has 3 heterocycles. The van der Waals surface area contributed by atoms with Crippen LogP contribution in [0.5, 0.6) is 0 Å². The van der Waals surface area contributed by atoms with E-state index in [0.717, 1.165) is 42.1 Å². The summed E-state index contributed by atoms with van der Waals surface area (Å²) in [6.45, 7) is 3.58. The van der Waals surface area contributed by atoms with Gasteiger partial charge in [0.05, 0.1) is 5.56 Å². The van der Waals surface area contributed by atoms with Gasteiger partial charge in [-0.15, -0.1) is 0 Å². The van der Waals surface area contributed by atoms with E-state index in [4.69, 9.17) is 0 Å². The number of aryl methyl sites for hydroxylation is 1. The van der Waals surface area contributed by atoms with Gasteiger partial charge < -0.3 is 10.2 Å². The topological polar surface area (TPSA) is 45.2 Å². The van der Waals surface area contributed by atoms with E-state index >= 15 is 0 Å². The first-order valence-corrected chi connectivity index (χ1v) is 8.09. The molecule has 21 heavy (non-hydrogen) atoms. The number of nitrogens with one attached hydrogen (secondary N) is 1. The largest absolute Gasteiger partial charge is 0.388 e. The van der Waals surface area contributed by atoms with Crippen LogP contribution in [-0.2, 0) is 0 Å². The van der Waals surface area contributed by atoms with E-state index in [9.17, 15) is 4.79 Å². The minimum atomic E-state index is 0.139. The summed E-state index contributed by atoms with van der Waals surface area (Å²) in [7, 11) is 1.92. The van der Waals surface area contributed by atoms with Crippen LogP contribution in [0.3, 0.4) is 0 Å². The molecule has 1 aliphatic heterocycles. The number of likely N-dealkylation sites (tertiary alicyclic amines) is 1. The van der Waals surface area contributed by atoms with E-state index in [0.29, 0.717) is 5.92 Å². The third-order valence-electron chi connectivity index (χ3n) is 3.92. The number of carbonyl (C=O) groups excluding carboxylic acids is 1. The van der Waals surface area contributed by atoms with Gasteiger partial charge in [-0.1, -0.05) is 0 Å². The monoisotopic (exact) mass is 301 g/mol. The molecule has 0 radical (unpaired) electrons. The Hall–Kier alpha value is -1.88. The summed E-state index contributed by atoms with van der Waals surface area (Å²) in [6, 6.07) is 6.02. The van der Waals surface area contributed by atoms with Gasteiger partial charge in [0.25, 0.3) is 5.91 Å². The van der Waals surface area contributed by atoms with Crippen LogP contribution in [0.15, 0.2) is 29.0 Å². The normalized spacial score (nSPS) is 18.0. The highest BCUT2D eigenvalue weighted by molar-refractivity contribution is 7.08. The van der Waals surface area contributed by atoms with Crippen molar-refractivity contribution in [2.75, 3.05) is 25.5 Å². The molecule has 0 aromatic carbocycles. The molecule has 3 rings (SSSR count). The third kappa shape index (κ3) is 2.93. The number of amides is 1. The Morgan fingerprint density at radius 1 is 1.48 bits per heavy atom. The predicted molar refractivity (Wildman–Crippen MR) is 86.1 cm³/mol. The van der Waals surface area contributed by atoms with Crippen LogP contribution in [0.25, 0.3) is 0 Å². The van der Waals surface area contributed by atoms with Crippen LogP contribution in [0.4, 0.5) is 5.69 Å². The standard InChI is InChI=1S/C16H19N3OS/c1-11-7-14(17-2)8-15(18-11)12-3-5-19(9-12)16(20)13-4-6-21-10-13/h4,6-8,10,12H,3,5,9H2,1-2H3,(H,17,18). The van der Waals surface area contributed by atoms with Crippen molar-refractivity contribution in [2.24, 2.45) is 0 Å². The van der Waals surface area contributed by atoms with Gasteiger partial charge in [0.2, 0.25) is 0 Å². The second-order valence-corrected chi connectivity index (χ2v) is 6.20. The number of pyridine rings is 1. The number of hydrogen-bond donors (Lipinski definition) is 1. The van der Waals surface area contributed by atoms with Crippen LogP contribution in [-0.4, -0.2) is 35.9 Å². The molecule has 1 saturated heterocycles. The zero-order valence-electron chi connectivity index (χ0n) is 12.3. The highest BCUT2D eigenvalue weighted by Crippen LogP contribution is 2.29. The van der Waals surface area contributed by atoms with E-state index in [2.05, 4.69) is 16.4 Å². The minimum Gasteiger partial charge on any atom is -0.388 e. The summed E-state index contributed by atoms with van der Waals surface area (Å²) in [4.78, 5) is 19.0. The predicted octanol–water partition coefficient (Wildman–Crippen LogP) is 3.12. The Morgan fingerprint density at radius 3 is 3.05 bits per heavy atom. The Labute approximate surface area is 128 Å². The molecule has 0 aliphatic carbocycles. The highest BCUT2D eigenvalue weighted by atomic mass is 32.1. The first-order chi connectivity index (χ1) is 10.2. The molecule has 1 N–H and O–H groups in total. The second-order valence-electron chi connectivity index (χ2n) is 5.42. The van der Waals surface area contributed by atoms with E-state index in [1.54, 1.807) is 11.3 Å². The molecule has 1 unspecified atom stereocenters. The molecule has 2 aromatic heterocycles. The molecule has 0 spiro atoms. The summed E-state index contributed by atoms with van der Waals surface area (Å²) in [5.74, 6) is 0.472. The van der Waals surface area contributed by atoms with Gasteiger partial charge in [-0.3, -0.25) is 9.78 Å². The molecular weight excluding hydrogens is 282 g/mol. The van der Waals surface area contributed by atoms with E-state index in [-0.39, 0.29) is 5.91 Å². The van der Waals surface area contributed by atoms with E-state index < -0.39 is 0 Å². The van der Waals surface area contributed by atoms with Gasteiger partial charge >= 0.3 is 0 Å². The lowest BCUT2D eigenvalue weighted by atomic mass is 10.0. The molecule has 1 atom stereocenters. The number of aromatic nitrogens is 1. The number of rotatable bonds is 3. The number of carbonyl (C=O) groups is 1. The fourth-order valence-corrected chi connectivity index (χ4v) is 3.43. The first-order valence-electron chi connectivity index (χ1n) is 7.15. The summed E-state index contributed by atoms with van der Waals surface area (Å²) in [5, 5.41) is 7.03. The van der Waals surface area contributed by atoms with Crippen LogP contribution in [0.1, 0.15) is 34.1 Å². The zero-order chi connectivity index (χ0) is 14.8. The molecule has 5 heteroatoms. The van der Waals surface area contributed by atoms with Crippen LogP contribution >= 0.6 is 11.3 Å². The first kappa shape index (κ1) is 14.1. The van der Waals surface area contributed by atoms with Crippen molar-refractivity contribution in [2.45, 2.75) is 19.3 Å². The maximum Gasteiger partial charge on any atom is 0.254 e. The Morgan fingerprint density at radius 2 is 2.33 bits per heavy atom. The average molecular weight is 301 g/mol. The Kier molecular flexibility index (Phi) is 3.92. The molecule has 4 nitrogen and oxygen atoms in total. The van der Waals surface area contributed by atoms with Crippen LogP contribution in [0, 0.1) is 6.92 Å². The molecule has 0 saturated carbocycles. The number of anilines is 1. The number of hydrogen-bond acceptors (Lipinski definition) is 4. The van der Waals surface area contributed by atoms with Crippen molar-refractivity contribution in [3.8, 4) is 0 Å². The molecule has 110 valence electrons. The quantitative estimate of drug-likeness (QED) is 0.947. The molecule has 2 aromatic rings. The third-order valence-corrected chi connectivity index (χ3v) is 4.61. The van der Waals surface area contributed by atoms with E-state index in [1.165, 1.54) is 0 Å². The van der Waals surface area contributed by atoms with Gasteiger partial charge in [0.1, 0.15) is 0 Å². The summed E-state index contributed by atoms with van der Waals surface area (Å²) in [6.07, 6.45) is 0.982. The van der Waals surface area contributed by atoms with Crippen molar-refractivity contribution < 1.29 is 4.79 Å². The molecule has 0 bridgehead atoms. The van der Waals surface area contributed by atoms with Gasteiger partial charge in [0.15, 0.2) is 0 Å². The summed E-state index contributed by atoms with van der Waals surface area (Å²) >= 11 is 1.56. The summed E-state index contributed by atoms with van der Waals surface area (Å²) in [5.41, 5.74) is 3.98. The fourth-order valence-electron chi connectivity index (χ4n) is 2.80. The van der Waals surface area contributed by atoms with Gasteiger partial charge in [-0.2, -0.15) is 11.3 Å². The van der Waals surface area contributed by atoms with Crippen molar-refractivity contribution in [1.29, 1.82) is 0 Å². The highest BCUT2D eigenvalue weighted by Gasteiger charge is 2.29. The molecular formula is C16H19N3OS. The lowest BCUT2D eigenvalue weighted by Gasteiger charge is -2.16. The summed E-state index contributed by atoms with van der Waals surface area (Å²) < 4.78 is 0. The Balaban J connectivity index is 1.75. The number of nitrogens with zero attached hydrogens (tertiary/aromatic N) is 2.